The molecule has 1 fully saturated rings. The van der Waals surface area contributed by atoms with Crippen molar-refractivity contribution >= 4 is 27.5 Å². The number of likely N-dealkylation sites (tertiary alicyclic amines) is 1. The number of hydrogen-bond donors (Lipinski definition) is 1. The first-order valence-electron chi connectivity index (χ1n) is 10.7. The average molecular weight is 429 g/mol. The highest BCUT2D eigenvalue weighted by Gasteiger charge is 2.36. The molecule has 1 saturated heterocycles. The lowest BCUT2D eigenvalue weighted by molar-refractivity contribution is -0.145. The number of carbonyl (C=O) groups is 1. The minimum absolute atomic E-state index is 0.163. The van der Waals surface area contributed by atoms with Gasteiger partial charge in [0.15, 0.2) is 0 Å². The number of nitrogens with zero attached hydrogens (tertiary/aromatic N) is 2. The number of carboxylic acids is 1. The first-order valence-corrected chi connectivity index (χ1v) is 11.5. The van der Waals surface area contributed by atoms with Crippen LogP contribution in [0, 0.1) is 0 Å². The van der Waals surface area contributed by atoms with Crippen molar-refractivity contribution in [2.75, 3.05) is 6.54 Å². The van der Waals surface area contributed by atoms with E-state index in [1.54, 1.807) is 11.3 Å². The number of rotatable bonds is 5. The predicted molar refractivity (Wildman–Crippen MR) is 125 cm³/mol. The lowest BCUT2D eigenvalue weighted by atomic mass is 9.95. The van der Waals surface area contributed by atoms with Crippen LogP contribution in [-0.2, 0) is 4.79 Å². The number of hydrogen-bond acceptors (Lipinski definition) is 4. The molecule has 1 aliphatic rings. The molecule has 0 spiro atoms. The number of carboxylic acid groups (broad SMARTS) is 1. The quantitative estimate of drug-likeness (QED) is 0.424. The summed E-state index contributed by atoms with van der Waals surface area (Å²) in [6.45, 7) is 0.762. The van der Waals surface area contributed by atoms with Gasteiger partial charge in [-0.2, -0.15) is 0 Å². The van der Waals surface area contributed by atoms with E-state index >= 15 is 0 Å². The van der Waals surface area contributed by atoms with Crippen LogP contribution >= 0.6 is 11.3 Å². The maximum atomic E-state index is 12.1. The molecule has 0 amide bonds. The van der Waals surface area contributed by atoms with Crippen molar-refractivity contribution in [3.05, 3.63) is 89.4 Å². The zero-order valence-electron chi connectivity index (χ0n) is 17.1. The van der Waals surface area contributed by atoms with Gasteiger partial charge in [0, 0.05) is 6.54 Å². The van der Waals surface area contributed by atoms with Crippen LogP contribution in [0.4, 0.5) is 0 Å². The molecule has 3 aromatic carbocycles. The van der Waals surface area contributed by atoms with E-state index in [-0.39, 0.29) is 6.04 Å². The normalized spacial score (nSPS) is 18.1. The molecule has 31 heavy (non-hydrogen) atoms. The lowest BCUT2D eigenvalue weighted by Gasteiger charge is -2.38. The number of fused-ring (bicyclic) bond motifs is 1. The molecule has 0 bridgehead atoms. The van der Waals surface area contributed by atoms with Gasteiger partial charge in [0.25, 0.3) is 0 Å². The van der Waals surface area contributed by atoms with Crippen molar-refractivity contribution < 1.29 is 9.90 Å². The van der Waals surface area contributed by atoms with E-state index in [2.05, 4.69) is 47.4 Å². The molecule has 2 heterocycles. The van der Waals surface area contributed by atoms with Crippen molar-refractivity contribution in [3.63, 3.8) is 0 Å². The van der Waals surface area contributed by atoms with Gasteiger partial charge in [0.1, 0.15) is 11.0 Å². The van der Waals surface area contributed by atoms with Crippen molar-refractivity contribution in [1.29, 1.82) is 0 Å². The molecule has 2 unspecified atom stereocenters. The molecule has 4 aromatic rings. The van der Waals surface area contributed by atoms with Crippen molar-refractivity contribution in [3.8, 4) is 11.1 Å². The summed E-state index contributed by atoms with van der Waals surface area (Å²) in [5.41, 5.74) is 4.39. The number of aromatic nitrogens is 1. The Hall–Kier alpha value is -3.02. The molecule has 2 atom stereocenters. The van der Waals surface area contributed by atoms with E-state index in [9.17, 15) is 9.90 Å². The smallest absolute Gasteiger partial charge is 0.320 e. The molecule has 4 nitrogen and oxygen atoms in total. The summed E-state index contributed by atoms with van der Waals surface area (Å²) in [5.74, 6) is -0.744. The molecule has 5 rings (SSSR count). The Kier molecular flexibility index (Phi) is 5.53. The molecule has 1 aromatic heterocycles. The van der Waals surface area contributed by atoms with Gasteiger partial charge in [-0.25, -0.2) is 4.98 Å². The number of thiazole rings is 1. The van der Waals surface area contributed by atoms with Gasteiger partial charge in [0.05, 0.1) is 16.3 Å². The Bertz CT molecular complexity index is 1150. The summed E-state index contributed by atoms with van der Waals surface area (Å²) < 4.78 is 1.13. The van der Waals surface area contributed by atoms with Gasteiger partial charge in [-0.3, -0.25) is 9.69 Å². The van der Waals surface area contributed by atoms with E-state index in [0.717, 1.165) is 45.7 Å². The maximum Gasteiger partial charge on any atom is 0.320 e. The third-order valence-electron chi connectivity index (χ3n) is 6.04. The fourth-order valence-corrected chi connectivity index (χ4v) is 5.62. The second kappa shape index (κ2) is 8.61. The molecule has 5 heteroatoms. The monoisotopic (exact) mass is 428 g/mol. The Labute approximate surface area is 185 Å². The summed E-state index contributed by atoms with van der Waals surface area (Å²) in [5, 5.41) is 10.9. The molecule has 0 aliphatic carbocycles. The van der Waals surface area contributed by atoms with E-state index < -0.39 is 12.0 Å². The van der Waals surface area contributed by atoms with E-state index in [1.807, 2.05) is 36.4 Å². The van der Waals surface area contributed by atoms with Crippen LogP contribution in [0.2, 0.25) is 0 Å². The summed E-state index contributed by atoms with van der Waals surface area (Å²) in [4.78, 5) is 19.1. The molecule has 0 radical (unpaired) electrons. The first kappa shape index (κ1) is 19.9. The average Bonchev–Trinajstić information content (AvgIpc) is 3.24. The number of piperidine rings is 1. The number of aliphatic carboxylic acids is 1. The van der Waals surface area contributed by atoms with E-state index in [0.29, 0.717) is 6.42 Å². The van der Waals surface area contributed by atoms with Crippen LogP contribution in [0.15, 0.2) is 78.9 Å². The molecule has 0 saturated carbocycles. The molecule has 156 valence electrons. The molecular formula is C26H24N2O2S. The SMILES string of the molecule is O=C(O)C1CCCCN1C(c1ccc(-c2ccccc2)cc1)c1nc2ccccc2s1. The minimum Gasteiger partial charge on any atom is -0.480 e. The van der Waals surface area contributed by atoms with Crippen molar-refractivity contribution in [1.82, 2.24) is 9.88 Å². The fraction of sp³-hybridized carbons (Fsp3) is 0.231. The third kappa shape index (κ3) is 3.99. The standard InChI is InChI=1S/C26H24N2O2S/c29-26(30)22-11-6-7-17-28(22)24(25-27-21-10-4-5-12-23(21)31-25)20-15-13-19(14-16-20)18-8-2-1-3-9-18/h1-5,8-10,12-16,22,24H,6-7,11,17H2,(H,29,30). The maximum absolute atomic E-state index is 12.1. The fourth-order valence-electron chi connectivity index (χ4n) is 4.50. The van der Waals surface area contributed by atoms with Crippen LogP contribution in [0.25, 0.3) is 21.3 Å². The molecular weight excluding hydrogens is 404 g/mol. The van der Waals surface area contributed by atoms with Crippen LogP contribution in [0.1, 0.15) is 35.9 Å². The number of para-hydroxylation sites is 1. The molecule has 1 N–H and O–H groups in total. The largest absolute Gasteiger partial charge is 0.480 e. The Morgan fingerprint density at radius 1 is 0.935 bits per heavy atom. The van der Waals surface area contributed by atoms with Crippen LogP contribution in [-0.4, -0.2) is 33.5 Å². The second-order valence-corrected chi connectivity index (χ2v) is 9.06. The van der Waals surface area contributed by atoms with Gasteiger partial charge in [-0.05, 0) is 41.7 Å². The zero-order chi connectivity index (χ0) is 21.2. The van der Waals surface area contributed by atoms with Crippen molar-refractivity contribution in [2.45, 2.75) is 31.3 Å². The topological polar surface area (TPSA) is 53.4 Å². The summed E-state index contributed by atoms with van der Waals surface area (Å²) >= 11 is 1.66. The van der Waals surface area contributed by atoms with Gasteiger partial charge >= 0.3 is 5.97 Å². The van der Waals surface area contributed by atoms with Crippen LogP contribution in [0.5, 0.6) is 0 Å². The lowest BCUT2D eigenvalue weighted by Crippen LogP contribution is -2.46. The van der Waals surface area contributed by atoms with Crippen molar-refractivity contribution in [2.24, 2.45) is 0 Å². The summed E-state index contributed by atoms with van der Waals surface area (Å²) in [6, 6.07) is 26.3. The van der Waals surface area contributed by atoms with Gasteiger partial charge in [0.2, 0.25) is 0 Å². The van der Waals surface area contributed by atoms with Gasteiger partial charge in [-0.1, -0.05) is 73.2 Å². The third-order valence-corrected chi connectivity index (χ3v) is 7.13. The second-order valence-electron chi connectivity index (χ2n) is 8.00. The minimum atomic E-state index is -0.744. The van der Waals surface area contributed by atoms with Crippen LogP contribution < -0.4 is 0 Å². The van der Waals surface area contributed by atoms with Gasteiger partial charge < -0.3 is 5.11 Å². The Balaban J connectivity index is 1.58. The molecule has 1 aliphatic heterocycles. The Morgan fingerprint density at radius 3 is 2.39 bits per heavy atom. The highest BCUT2D eigenvalue weighted by molar-refractivity contribution is 7.18. The van der Waals surface area contributed by atoms with Gasteiger partial charge in [-0.15, -0.1) is 11.3 Å². The Morgan fingerprint density at radius 2 is 1.65 bits per heavy atom. The zero-order valence-corrected chi connectivity index (χ0v) is 18.0. The highest BCUT2D eigenvalue weighted by Crippen LogP contribution is 2.38. The highest BCUT2D eigenvalue weighted by atomic mass is 32.1. The van der Waals surface area contributed by atoms with E-state index in [1.165, 1.54) is 5.56 Å². The van der Waals surface area contributed by atoms with E-state index in [4.69, 9.17) is 4.98 Å². The summed E-state index contributed by atoms with van der Waals surface area (Å²) in [7, 11) is 0. The summed E-state index contributed by atoms with van der Waals surface area (Å²) in [6.07, 6.45) is 2.64. The first-order chi connectivity index (χ1) is 15.2. The number of benzene rings is 3. The predicted octanol–water partition coefficient (Wildman–Crippen LogP) is 5.99. The van der Waals surface area contributed by atoms with Crippen LogP contribution in [0.3, 0.4) is 0 Å².